The van der Waals surface area contributed by atoms with Crippen LogP contribution in [-0.2, 0) is 6.42 Å². The Kier molecular flexibility index (Phi) is 4.13. The van der Waals surface area contributed by atoms with Crippen LogP contribution in [0.25, 0.3) is 0 Å². The molecule has 4 rings (SSSR count). The molecule has 0 amide bonds. The van der Waals surface area contributed by atoms with Crippen molar-refractivity contribution in [1.29, 1.82) is 0 Å². The molecule has 0 fully saturated rings. The lowest BCUT2D eigenvalue weighted by Gasteiger charge is -2.24. The lowest BCUT2D eigenvalue weighted by molar-refractivity contribution is 0.101. The van der Waals surface area contributed by atoms with Crippen LogP contribution in [-0.4, -0.2) is 21.8 Å². The van der Waals surface area contributed by atoms with E-state index < -0.39 is 0 Å². The molecule has 1 atom stereocenters. The predicted octanol–water partition coefficient (Wildman–Crippen LogP) is 4.51. The number of carbonyl (C=O) groups excluding carboxylic acids is 1. The summed E-state index contributed by atoms with van der Waals surface area (Å²) < 4.78 is 0. The van der Waals surface area contributed by atoms with Crippen LogP contribution in [0.15, 0.2) is 60.9 Å². The molecule has 1 N–H and O–H groups in total. The lowest BCUT2D eigenvalue weighted by atomic mass is 10.1. The number of Topliss-reactive ketones (excluding diaryl/α,β-unsaturated/α-hetero) is 1. The van der Waals surface area contributed by atoms with Gasteiger partial charge in [-0.3, -0.25) is 4.79 Å². The van der Waals surface area contributed by atoms with Crippen LogP contribution < -0.4 is 10.2 Å². The number of ketones is 1. The van der Waals surface area contributed by atoms with Gasteiger partial charge in [-0.05, 0) is 44.0 Å². The highest BCUT2D eigenvalue weighted by Crippen LogP contribution is 2.37. The van der Waals surface area contributed by atoms with E-state index in [4.69, 9.17) is 0 Å². The highest BCUT2D eigenvalue weighted by atomic mass is 16.1. The fraction of sp³-hybridized carbons (Fsp3) is 0.190. The monoisotopic (exact) mass is 344 g/mol. The van der Waals surface area contributed by atoms with Gasteiger partial charge in [-0.15, -0.1) is 0 Å². The minimum absolute atomic E-state index is 0.0412. The van der Waals surface area contributed by atoms with Gasteiger partial charge in [0.15, 0.2) is 5.78 Å². The molecule has 0 aliphatic carbocycles. The largest absolute Gasteiger partial charge is 0.340 e. The second-order valence-electron chi connectivity index (χ2n) is 6.58. The number of rotatable bonds is 4. The zero-order chi connectivity index (χ0) is 18.1. The Morgan fingerprint density at radius 3 is 2.81 bits per heavy atom. The summed E-state index contributed by atoms with van der Waals surface area (Å²) in [7, 11) is 0. The summed E-state index contributed by atoms with van der Waals surface area (Å²) in [6, 6.07) is 18.1. The first kappa shape index (κ1) is 16.3. The van der Waals surface area contributed by atoms with Crippen molar-refractivity contribution in [2.24, 2.45) is 0 Å². The minimum Gasteiger partial charge on any atom is -0.340 e. The maximum Gasteiger partial charge on any atom is 0.159 e. The molecule has 3 aromatic rings. The Morgan fingerprint density at radius 1 is 1.12 bits per heavy atom. The number of aromatic nitrogens is 2. The van der Waals surface area contributed by atoms with Gasteiger partial charge >= 0.3 is 0 Å². The normalized spacial score (nSPS) is 15.6. The highest BCUT2D eigenvalue weighted by molar-refractivity contribution is 5.95. The van der Waals surface area contributed by atoms with E-state index in [1.807, 2.05) is 30.3 Å². The average molecular weight is 344 g/mol. The van der Waals surface area contributed by atoms with E-state index in [0.717, 1.165) is 17.9 Å². The molecule has 2 heterocycles. The zero-order valence-corrected chi connectivity index (χ0v) is 14.8. The zero-order valence-electron chi connectivity index (χ0n) is 14.8. The Hall–Kier alpha value is -3.21. The maximum atomic E-state index is 11.6. The smallest absolute Gasteiger partial charge is 0.159 e. The maximum absolute atomic E-state index is 11.6. The van der Waals surface area contributed by atoms with Crippen molar-refractivity contribution in [3.63, 3.8) is 0 Å². The van der Waals surface area contributed by atoms with E-state index in [-0.39, 0.29) is 5.78 Å². The quantitative estimate of drug-likeness (QED) is 0.706. The molecule has 1 aromatic heterocycles. The first-order valence-corrected chi connectivity index (χ1v) is 8.69. The van der Waals surface area contributed by atoms with Gasteiger partial charge in [-0.25, -0.2) is 9.97 Å². The molecule has 0 bridgehead atoms. The van der Waals surface area contributed by atoms with Gasteiger partial charge in [-0.1, -0.05) is 30.3 Å². The molecule has 2 aromatic carbocycles. The van der Waals surface area contributed by atoms with Crippen molar-refractivity contribution >= 4 is 28.8 Å². The van der Waals surface area contributed by atoms with Crippen molar-refractivity contribution < 1.29 is 4.79 Å². The highest BCUT2D eigenvalue weighted by Gasteiger charge is 2.27. The second-order valence-corrected chi connectivity index (χ2v) is 6.58. The third-order valence-electron chi connectivity index (χ3n) is 4.65. The molecule has 1 unspecified atom stereocenters. The van der Waals surface area contributed by atoms with Crippen molar-refractivity contribution in [2.75, 3.05) is 10.2 Å². The van der Waals surface area contributed by atoms with Crippen LogP contribution in [0.3, 0.4) is 0 Å². The molecule has 5 heteroatoms. The van der Waals surface area contributed by atoms with E-state index in [1.165, 1.54) is 11.3 Å². The van der Waals surface area contributed by atoms with Crippen molar-refractivity contribution in [3.8, 4) is 0 Å². The SMILES string of the molecule is CC(=O)c1cccc(Nc2cc(N3c4ccccc4CC3C)ncn2)c1. The number of carbonyl (C=O) groups is 1. The summed E-state index contributed by atoms with van der Waals surface area (Å²) in [4.78, 5) is 22.6. The molecule has 5 nitrogen and oxygen atoms in total. The molecule has 1 aliphatic heterocycles. The number of hydrogen-bond acceptors (Lipinski definition) is 5. The Morgan fingerprint density at radius 2 is 1.96 bits per heavy atom. The third kappa shape index (κ3) is 3.04. The van der Waals surface area contributed by atoms with Crippen LogP contribution in [0.5, 0.6) is 0 Å². The fourth-order valence-corrected chi connectivity index (χ4v) is 3.43. The Bertz CT molecular complexity index is 969. The van der Waals surface area contributed by atoms with Gasteiger partial charge in [0.2, 0.25) is 0 Å². The first-order chi connectivity index (χ1) is 12.6. The number of anilines is 4. The molecular formula is C21H20N4O. The second kappa shape index (κ2) is 6.59. The molecule has 0 saturated heterocycles. The number of hydrogen-bond donors (Lipinski definition) is 1. The molecule has 26 heavy (non-hydrogen) atoms. The lowest BCUT2D eigenvalue weighted by Crippen LogP contribution is -2.24. The first-order valence-electron chi connectivity index (χ1n) is 8.69. The van der Waals surface area contributed by atoms with Crippen LogP contribution >= 0.6 is 0 Å². The van der Waals surface area contributed by atoms with Crippen LogP contribution in [0, 0.1) is 0 Å². The van der Waals surface area contributed by atoms with Crippen molar-refractivity contribution in [3.05, 3.63) is 72.1 Å². The number of para-hydroxylation sites is 1. The third-order valence-corrected chi connectivity index (χ3v) is 4.65. The van der Waals surface area contributed by atoms with E-state index in [1.54, 1.807) is 13.3 Å². The van der Waals surface area contributed by atoms with Gasteiger partial charge < -0.3 is 10.2 Å². The van der Waals surface area contributed by atoms with Crippen molar-refractivity contribution in [2.45, 2.75) is 26.3 Å². The molecule has 0 radical (unpaired) electrons. The van der Waals surface area contributed by atoms with Crippen LogP contribution in [0.1, 0.15) is 29.8 Å². The summed E-state index contributed by atoms with van der Waals surface area (Å²) in [5.74, 6) is 1.61. The number of nitrogens with one attached hydrogen (secondary N) is 1. The standard InChI is InChI=1S/C21H20N4O/c1-14-10-17-6-3-4-9-19(17)25(14)21-12-20(22-13-23-21)24-18-8-5-7-16(11-18)15(2)26/h3-9,11-14H,10H2,1-2H3,(H,22,23,24). The van der Waals surface area contributed by atoms with E-state index in [2.05, 4.69) is 51.4 Å². The fourth-order valence-electron chi connectivity index (χ4n) is 3.43. The summed E-state index contributed by atoms with van der Waals surface area (Å²) in [6.07, 6.45) is 2.57. The topological polar surface area (TPSA) is 58.1 Å². The summed E-state index contributed by atoms with van der Waals surface area (Å²) in [5, 5.41) is 3.27. The van der Waals surface area contributed by atoms with Crippen LogP contribution in [0.2, 0.25) is 0 Å². The summed E-state index contributed by atoms with van der Waals surface area (Å²) in [6.45, 7) is 3.76. The summed E-state index contributed by atoms with van der Waals surface area (Å²) >= 11 is 0. The molecule has 0 saturated carbocycles. The Labute approximate surface area is 152 Å². The van der Waals surface area contributed by atoms with Crippen molar-refractivity contribution in [1.82, 2.24) is 9.97 Å². The molecular weight excluding hydrogens is 324 g/mol. The minimum atomic E-state index is 0.0412. The number of fused-ring (bicyclic) bond motifs is 1. The van der Waals surface area contributed by atoms with E-state index in [0.29, 0.717) is 17.4 Å². The van der Waals surface area contributed by atoms with E-state index in [9.17, 15) is 4.79 Å². The molecule has 0 spiro atoms. The van der Waals surface area contributed by atoms with Gasteiger partial charge in [0.1, 0.15) is 18.0 Å². The van der Waals surface area contributed by atoms with E-state index >= 15 is 0 Å². The predicted molar refractivity (Wildman–Crippen MR) is 104 cm³/mol. The summed E-state index contributed by atoms with van der Waals surface area (Å²) in [5.41, 5.74) is 4.04. The van der Waals surface area contributed by atoms with Gasteiger partial charge in [0.25, 0.3) is 0 Å². The Balaban J connectivity index is 1.64. The van der Waals surface area contributed by atoms with Gasteiger partial charge in [-0.2, -0.15) is 0 Å². The molecule has 130 valence electrons. The number of nitrogens with zero attached hydrogens (tertiary/aromatic N) is 3. The number of benzene rings is 2. The van der Waals surface area contributed by atoms with Gasteiger partial charge in [0.05, 0.1) is 0 Å². The van der Waals surface area contributed by atoms with Crippen LogP contribution in [0.4, 0.5) is 23.0 Å². The average Bonchev–Trinajstić information content (AvgIpc) is 2.98. The van der Waals surface area contributed by atoms with Gasteiger partial charge in [0, 0.05) is 29.0 Å². The molecule has 1 aliphatic rings.